The Morgan fingerprint density at radius 2 is 1.87 bits per heavy atom. The maximum absolute atomic E-state index is 12.0. The molecule has 2 aromatic carbocycles. The van der Waals surface area contributed by atoms with Crippen molar-refractivity contribution >= 4 is 29.1 Å². The fraction of sp³-hybridized carbons (Fsp3) is 0.176. The minimum Gasteiger partial charge on any atom is -0.388 e. The molecule has 5 nitrogen and oxygen atoms in total. The second-order valence-corrected chi connectivity index (χ2v) is 5.65. The Balaban J connectivity index is 2.03. The number of aryl methyl sites for hydroxylation is 1. The van der Waals surface area contributed by atoms with Crippen LogP contribution in [0.5, 0.6) is 0 Å². The van der Waals surface area contributed by atoms with Crippen molar-refractivity contribution < 1.29 is 14.7 Å². The summed E-state index contributed by atoms with van der Waals surface area (Å²) in [5.74, 6) is -0.925. The Bertz CT molecular complexity index is 729. The summed E-state index contributed by atoms with van der Waals surface area (Å²) in [5.41, 5.74) is 7.42. The molecule has 0 fully saturated rings. The summed E-state index contributed by atoms with van der Waals surface area (Å²) in [7, 11) is 0. The molecule has 0 bridgehead atoms. The number of aliphatic hydroxyl groups excluding tert-OH is 1. The van der Waals surface area contributed by atoms with Gasteiger partial charge < -0.3 is 16.2 Å². The van der Waals surface area contributed by atoms with E-state index in [0.29, 0.717) is 21.8 Å². The molecule has 2 amide bonds. The highest BCUT2D eigenvalue weighted by atomic mass is 35.5. The van der Waals surface area contributed by atoms with E-state index in [-0.39, 0.29) is 12.3 Å². The van der Waals surface area contributed by atoms with E-state index in [1.54, 1.807) is 43.3 Å². The lowest BCUT2D eigenvalue weighted by Gasteiger charge is -2.12. The number of nitrogens with one attached hydrogen (secondary N) is 1. The number of hydrogen-bond donors (Lipinski definition) is 3. The van der Waals surface area contributed by atoms with Gasteiger partial charge in [0, 0.05) is 16.3 Å². The van der Waals surface area contributed by atoms with Gasteiger partial charge in [0.1, 0.15) is 0 Å². The number of benzene rings is 2. The van der Waals surface area contributed by atoms with E-state index >= 15 is 0 Å². The van der Waals surface area contributed by atoms with Crippen molar-refractivity contribution in [3.63, 3.8) is 0 Å². The van der Waals surface area contributed by atoms with Crippen molar-refractivity contribution in [3.05, 3.63) is 64.2 Å². The molecule has 0 aliphatic carbocycles. The summed E-state index contributed by atoms with van der Waals surface area (Å²) in [6, 6.07) is 11.5. The molecule has 0 spiro atoms. The van der Waals surface area contributed by atoms with Gasteiger partial charge >= 0.3 is 0 Å². The van der Waals surface area contributed by atoms with Crippen LogP contribution in [0.25, 0.3) is 0 Å². The zero-order valence-corrected chi connectivity index (χ0v) is 13.3. The first-order valence-electron chi connectivity index (χ1n) is 7.00. The number of halogens is 1. The second kappa shape index (κ2) is 7.26. The first-order valence-corrected chi connectivity index (χ1v) is 7.38. The number of primary amides is 1. The molecule has 6 heteroatoms. The van der Waals surface area contributed by atoms with E-state index in [1.165, 1.54) is 6.07 Å². The number of carbonyl (C=O) groups excluding carboxylic acids is 2. The highest BCUT2D eigenvalue weighted by Crippen LogP contribution is 2.20. The van der Waals surface area contributed by atoms with Crippen molar-refractivity contribution in [3.8, 4) is 0 Å². The molecular formula is C17H17ClN2O3. The van der Waals surface area contributed by atoms with E-state index < -0.39 is 12.0 Å². The van der Waals surface area contributed by atoms with Crippen molar-refractivity contribution in [2.45, 2.75) is 19.4 Å². The van der Waals surface area contributed by atoms with Crippen LogP contribution in [0.2, 0.25) is 5.02 Å². The molecule has 23 heavy (non-hydrogen) atoms. The third kappa shape index (κ3) is 4.55. The van der Waals surface area contributed by atoms with Gasteiger partial charge in [-0.2, -0.15) is 0 Å². The zero-order chi connectivity index (χ0) is 17.0. The summed E-state index contributed by atoms with van der Waals surface area (Å²) >= 11 is 5.78. The summed E-state index contributed by atoms with van der Waals surface area (Å²) in [6.07, 6.45) is -1.05. The number of hydrogen-bond acceptors (Lipinski definition) is 3. The Morgan fingerprint density at radius 1 is 1.22 bits per heavy atom. The van der Waals surface area contributed by atoms with Crippen LogP contribution in [0.1, 0.15) is 34.0 Å². The van der Waals surface area contributed by atoms with Gasteiger partial charge in [-0.1, -0.05) is 29.8 Å². The first-order chi connectivity index (χ1) is 10.9. The Morgan fingerprint density at radius 3 is 2.48 bits per heavy atom. The van der Waals surface area contributed by atoms with Gasteiger partial charge in [0.15, 0.2) is 0 Å². The van der Waals surface area contributed by atoms with E-state index in [9.17, 15) is 14.7 Å². The van der Waals surface area contributed by atoms with Crippen LogP contribution in [-0.4, -0.2) is 16.9 Å². The Hall–Kier alpha value is -2.37. The number of amides is 2. The Kier molecular flexibility index (Phi) is 5.36. The quantitative estimate of drug-likeness (QED) is 0.786. The molecule has 1 atom stereocenters. The summed E-state index contributed by atoms with van der Waals surface area (Å²) in [4.78, 5) is 23.3. The molecule has 1 unspecified atom stereocenters. The zero-order valence-electron chi connectivity index (χ0n) is 12.5. The highest BCUT2D eigenvalue weighted by Gasteiger charge is 2.14. The minimum absolute atomic E-state index is 0.110. The third-order valence-electron chi connectivity index (χ3n) is 3.42. The van der Waals surface area contributed by atoms with Crippen LogP contribution in [0, 0.1) is 6.92 Å². The molecule has 0 heterocycles. The van der Waals surface area contributed by atoms with Gasteiger partial charge in [-0.15, -0.1) is 0 Å². The maximum Gasteiger partial charge on any atom is 0.249 e. The fourth-order valence-electron chi connectivity index (χ4n) is 2.16. The first kappa shape index (κ1) is 17.0. The van der Waals surface area contributed by atoms with Crippen LogP contribution in [0.15, 0.2) is 42.5 Å². The standard InChI is InChI=1S/C17H17ClN2O3/c1-10-2-7-13(8-14(10)17(19)23)20-16(22)9-15(21)11-3-5-12(18)6-4-11/h2-8,15,21H,9H2,1H3,(H2,19,23)(H,20,22). The average molecular weight is 333 g/mol. The molecule has 0 saturated heterocycles. The second-order valence-electron chi connectivity index (χ2n) is 5.21. The molecule has 120 valence electrons. The van der Waals surface area contributed by atoms with Gasteiger partial charge in [-0.3, -0.25) is 9.59 Å². The van der Waals surface area contributed by atoms with E-state index in [1.807, 2.05) is 0 Å². The third-order valence-corrected chi connectivity index (χ3v) is 3.67. The number of aliphatic hydroxyl groups is 1. The molecule has 0 radical (unpaired) electrons. The van der Waals surface area contributed by atoms with E-state index in [0.717, 1.165) is 5.56 Å². The summed E-state index contributed by atoms with van der Waals surface area (Å²) in [6.45, 7) is 1.76. The van der Waals surface area contributed by atoms with Crippen LogP contribution in [-0.2, 0) is 4.79 Å². The van der Waals surface area contributed by atoms with E-state index in [4.69, 9.17) is 17.3 Å². The van der Waals surface area contributed by atoms with Crippen LogP contribution < -0.4 is 11.1 Å². The van der Waals surface area contributed by atoms with Crippen LogP contribution in [0.4, 0.5) is 5.69 Å². The van der Waals surface area contributed by atoms with Crippen molar-refractivity contribution in [1.82, 2.24) is 0 Å². The Labute approximate surface area is 139 Å². The number of carbonyl (C=O) groups is 2. The SMILES string of the molecule is Cc1ccc(NC(=O)CC(O)c2ccc(Cl)cc2)cc1C(N)=O. The van der Waals surface area contributed by atoms with Crippen molar-refractivity contribution in [1.29, 1.82) is 0 Å². The molecule has 0 aliphatic rings. The van der Waals surface area contributed by atoms with Gasteiger partial charge in [0.25, 0.3) is 0 Å². The number of rotatable bonds is 5. The van der Waals surface area contributed by atoms with E-state index in [2.05, 4.69) is 5.32 Å². The molecule has 4 N–H and O–H groups in total. The summed E-state index contributed by atoms with van der Waals surface area (Å²) in [5, 5.41) is 13.3. The lowest BCUT2D eigenvalue weighted by molar-refractivity contribution is -0.118. The molecule has 2 rings (SSSR count). The number of nitrogens with two attached hydrogens (primary N) is 1. The lowest BCUT2D eigenvalue weighted by atomic mass is 10.1. The summed E-state index contributed by atoms with van der Waals surface area (Å²) < 4.78 is 0. The van der Waals surface area contributed by atoms with Gasteiger partial charge in [0.05, 0.1) is 12.5 Å². The fourth-order valence-corrected chi connectivity index (χ4v) is 2.28. The van der Waals surface area contributed by atoms with Gasteiger partial charge in [0.2, 0.25) is 11.8 Å². The predicted molar refractivity (Wildman–Crippen MR) is 89.4 cm³/mol. The topological polar surface area (TPSA) is 92.4 Å². The average Bonchev–Trinajstić information content (AvgIpc) is 2.49. The smallest absolute Gasteiger partial charge is 0.249 e. The van der Waals surface area contributed by atoms with Crippen LogP contribution in [0.3, 0.4) is 0 Å². The van der Waals surface area contributed by atoms with Crippen molar-refractivity contribution in [2.24, 2.45) is 5.73 Å². The predicted octanol–water partition coefficient (Wildman–Crippen LogP) is 2.81. The van der Waals surface area contributed by atoms with Gasteiger partial charge in [-0.05, 0) is 42.3 Å². The van der Waals surface area contributed by atoms with Crippen molar-refractivity contribution in [2.75, 3.05) is 5.32 Å². The minimum atomic E-state index is -0.937. The highest BCUT2D eigenvalue weighted by molar-refractivity contribution is 6.30. The van der Waals surface area contributed by atoms with Gasteiger partial charge in [-0.25, -0.2) is 0 Å². The molecule has 0 saturated carbocycles. The lowest BCUT2D eigenvalue weighted by Crippen LogP contribution is -2.17. The largest absolute Gasteiger partial charge is 0.388 e. The molecule has 0 aliphatic heterocycles. The normalized spacial score (nSPS) is 11.8. The monoisotopic (exact) mass is 332 g/mol. The molecule has 0 aromatic heterocycles. The maximum atomic E-state index is 12.0. The number of anilines is 1. The molecular weight excluding hydrogens is 316 g/mol. The molecule has 2 aromatic rings. The van der Waals surface area contributed by atoms with Crippen LogP contribution >= 0.6 is 11.6 Å².